The van der Waals surface area contributed by atoms with Crippen molar-refractivity contribution < 1.29 is 4.70 Å². The first-order valence-electron chi connectivity index (χ1n) is 1.15. The minimum absolute atomic E-state index is 0. The first kappa shape index (κ1) is 8.82. The second kappa shape index (κ2) is 9.82. The summed E-state index contributed by atoms with van der Waals surface area (Å²) in [4.78, 5) is 0. The molecule has 0 fully saturated rings. The highest BCUT2D eigenvalue weighted by atomic mass is 27.1. The molecule has 0 spiro atoms. The molecule has 0 aromatic carbocycles. The van der Waals surface area contributed by atoms with E-state index in [1.54, 1.807) is 0 Å². The van der Waals surface area contributed by atoms with Crippen molar-refractivity contribution in [2.24, 2.45) is 0 Å². The maximum absolute atomic E-state index is 2.21. The summed E-state index contributed by atoms with van der Waals surface area (Å²) in [5.74, 6) is 4.42. The maximum atomic E-state index is 2.21. The molecule has 0 N–H and O–H groups in total. The number of hydrogen-bond donors (Lipinski definition) is 0. The SMILES string of the molecule is F.[CH3][Al][CH3]. The molecule has 0 unspecified atom stereocenters. The summed E-state index contributed by atoms with van der Waals surface area (Å²) in [7, 11) is 0. The van der Waals surface area contributed by atoms with E-state index in [2.05, 4.69) is 11.6 Å². The van der Waals surface area contributed by atoms with Crippen LogP contribution in [0.25, 0.3) is 0 Å². The third-order valence-corrected chi connectivity index (χ3v) is 0. The number of hydrogen-bond acceptors (Lipinski definition) is 0. The molecule has 0 atom stereocenters. The van der Waals surface area contributed by atoms with Crippen LogP contribution in [-0.2, 0) is 0 Å². The van der Waals surface area contributed by atoms with Gasteiger partial charge in [-0.2, -0.15) is 0 Å². The van der Waals surface area contributed by atoms with Gasteiger partial charge in [0.2, 0.25) is 0 Å². The Bertz CT molecular complexity index is 6.00. The normalized spacial score (nSPS) is 3.50. The van der Waals surface area contributed by atoms with Crippen molar-refractivity contribution in [1.29, 1.82) is 0 Å². The predicted octanol–water partition coefficient (Wildman–Crippen LogP) is 0.939. The Kier molecular flexibility index (Phi) is 21.7. The van der Waals surface area contributed by atoms with Crippen LogP contribution in [-0.4, -0.2) is 15.2 Å². The van der Waals surface area contributed by atoms with E-state index in [1.807, 2.05) is 0 Å². The molecule has 0 rings (SSSR count). The highest BCUT2D eigenvalue weighted by molar-refractivity contribution is 6.31. The molecule has 0 heterocycles. The van der Waals surface area contributed by atoms with E-state index in [-0.39, 0.29) is 4.70 Å². The Morgan fingerprint density at radius 3 is 1.25 bits per heavy atom. The van der Waals surface area contributed by atoms with Crippen molar-refractivity contribution in [2.75, 3.05) is 0 Å². The number of rotatable bonds is 0. The Balaban J connectivity index is 0. The summed E-state index contributed by atoms with van der Waals surface area (Å²) in [5, 5.41) is 0. The lowest BCUT2D eigenvalue weighted by molar-refractivity contribution is 1.11. The van der Waals surface area contributed by atoms with Crippen LogP contribution in [0.4, 0.5) is 4.70 Å². The Labute approximate surface area is 32.3 Å². The summed E-state index contributed by atoms with van der Waals surface area (Å²) in [6, 6.07) is 0. The minimum atomic E-state index is 0. The van der Waals surface area contributed by atoms with Crippen molar-refractivity contribution in [1.82, 2.24) is 0 Å². The summed E-state index contributed by atoms with van der Waals surface area (Å²) >= 11 is 0.750. The minimum Gasteiger partial charge on any atom is -0.269 e. The topological polar surface area (TPSA) is 0 Å². The standard InChI is InChI=1S/2CH3.Al.FH/h2*1H3;;1H. The molecule has 0 bridgehead atoms. The fourth-order valence-electron chi connectivity index (χ4n) is 0. The molecule has 0 saturated heterocycles. The molecule has 0 nitrogen and oxygen atoms in total. The quantitative estimate of drug-likeness (QED) is 0.377. The highest BCUT2D eigenvalue weighted by Crippen LogP contribution is 1.36. The van der Waals surface area contributed by atoms with Gasteiger partial charge in [0.1, 0.15) is 0 Å². The van der Waals surface area contributed by atoms with Crippen molar-refractivity contribution in [3.63, 3.8) is 0 Å². The lowest BCUT2D eigenvalue weighted by Crippen LogP contribution is -1.53. The highest BCUT2D eigenvalue weighted by Gasteiger charge is 1.46. The van der Waals surface area contributed by atoms with E-state index in [0.29, 0.717) is 0 Å². The first-order chi connectivity index (χ1) is 1.41. The van der Waals surface area contributed by atoms with Gasteiger partial charge in [0.25, 0.3) is 0 Å². The largest absolute Gasteiger partial charge is 0.269 e. The molecule has 0 aromatic rings. The summed E-state index contributed by atoms with van der Waals surface area (Å²) in [6.07, 6.45) is 0. The van der Waals surface area contributed by atoms with E-state index < -0.39 is 0 Å². The monoisotopic (exact) mass is 77.0 g/mol. The van der Waals surface area contributed by atoms with Gasteiger partial charge in [-0.15, -0.1) is 11.6 Å². The molecule has 0 aliphatic heterocycles. The first-order valence-corrected chi connectivity index (χ1v) is 3.46. The molecule has 0 aromatic heterocycles. The van der Waals surface area contributed by atoms with Crippen LogP contribution in [0.5, 0.6) is 0 Å². The molecule has 4 heavy (non-hydrogen) atoms. The van der Waals surface area contributed by atoms with Crippen molar-refractivity contribution >= 4 is 15.2 Å². The summed E-state index contributed by atoms with van der Waals surface area (Å²) in [6.45, 7) is 0. The Morgan fingerprint density at radius 2 is 1.25 bits per heavy atom. The van der Waals surface area contributed by atoms with Crippen LogP contribution >= 0.6 is 0 Å². The zero-order valence-corrected chi connectivity index (χ0v) is 4.14. The van der Waals surface area contributed by atoms with Crippen LogP contribution in [0.15, 0.2) is 0 Å². The molecule has 0 aliphatic rings. The summed E-state index contributed by atoms with van der Waals surface area (Å²) < 4.78 is 0. The fraction of sp³-hybridized carbons (Fsp3) is 1.00. The van der Waals surface area contributed by atoms with Gasteiger partial charge >= 0.3 is 0 Å². The molecular weight excluding hydrogens is 70.0 g/mol. The second-order valence-electron chi connectivity index (χ2n) is 0.577. The zero-order valence-electron chi connectivity index (χ0n) is 2.99. The van der Waals surface area contributed by atoms with Gasteiger partial charge < -0.3 is 0 Å². The Hall–Kier alpha value is 0.462. The third kappa shape index (κ3) is 24.6. The van der Waals surface area contributed by atoms with Gasteiger partial charge in [0.15, 0.2) is 15.2 Å². The van der Waals surface area contributed by atoms with E-state index in [0.717, 1.165) is 15.2 Å². The molecular formula is C2H7AlF. The van der Waals surface area contributed by atoms with E-state index in [9.17, 15) is 0 Å². The fourth-order valence-corrected chi connectivity index (χ4v) is 0. The average Bonchev–Trinajstić information content (AvgIpc) is 0.918. The molecule has 0 aliphatic carbocycles. The van der Waals surface area contributed by atoms with Gasteiger partial charge in [-0.3, -0.25) is 4.70 Å². The Morgan fingerprint density at radius 1 is 1.25 bits per heavy atom. The van der Waals surface area contributed by atoms with Crippen LogP contribution in [0.3, 0.4) is 0 Å². The van der Waals surface area contributed by atoms with Gasteiger partial charge in [-0.25, -0.2) is 0 Å². The lowest BCUT2D eigenvalue weighted by Gasteiger charge is -1.38. The average molecular weight is 77.1 g/mol. The van der Waals surface area contributed by atoms with Crippen molar-refractivity contribution in [3.05, 3.63) is 0 Å². The van der Waals surface area contributed by atoms with Gasteiger partial charge in [-0.1, -0.05) is 0 Å². The van der Waals surface area contributed by atoms with Crippen LogP contribution in [0.2, 0.25) is 11.6 Å². The van der Waals surface area contributed by atoms with E-state index >= 15 is 0 Å². The molecule has 0 amide bonds. The third-order valence-electron chi connectivity index (χ3n) is 0. The zero-order chi connectivity index (χ0) is 2.71. The van der Waals surface area contributed by atoms with Crippen molar-refractivity contribution in [3.8, 4) is 0 Å². The molecule has 1 radical (unpaired) electrons. The predicted molar refractivity (Wildman–Crippen MR) is 20.0 cm³/mol. The second-order valence-corrected chi connectivity index (χ2v) is 1.73. The summed E-state index contributed by atoms with van der Waals surface area (Å²) in [5.41, 5.74) is 0. The van der Waals surface area contributed by atoms with Crippen LogP contribution < -0.4 is 0 Å². The smallest absolute Gasteiger partial charge is 0.191 e. The van der Waals surface area contributed by atoms with Crippen molar-refractivity contribution in [2.45, 2.75) is 11.6 Å². The van der Waals surface area contributed by atoms with Crippen LogP contribution in [0, 0.1) is 0 Å². The number of halogens is 1. The maximum Gasteiger partial charge on any atom is 0.191 e. The van der Waals surface area contributed by atoms with E-state index in [1.165, 1.54) is 0 Å². The van der Waals surface area contributed by atoms with E-state index in [4.69, 9.17) is 0 Å². The van der Waals surface area contributed by atoms with Gasteiger partial charge in [0.05, 0.1) is 0 Å². The molecule has 0 saturated carbocycles. The van der Waals surface area contributed by atoms with Crippen LogP contribution in [0.1, 0.15) is 0 Å². The lowest BCUT2D eigenvalue weighted by atomic mass is 11.9. The molecule has 25 valence electrons. The molecule has 2 heteroatoms. The van der Waals surface area contributed by atoms with Gasteiger partial charge in [0, 0.05) is 0 Å². The van der Waals surface area contributed by atoms with Gasteiger partial charge in [-0.05, 0) is 0 Å².